The van der Waals surface area contributed by atoms with Gasteiger partial charge in [0.25, 0.3) is 5.91 Å². The highest BCUT2D eigenvalue weighted by Gasteiger charge is 2.37. The van der Waals surface area contributed by atoms with Crippen molar-refractivity contribution >= 4 is 15.7 Å². The Kier molecular flexibility index (Phi) is 9.31. The van der Waals surface area contributed by atoms with E-state index < -0.39 is 45.8 Å². The maximum Gasteiger partial charge on any atom is 0.389 e. The summed E-state index contributed by atoms with van der Waals surface area (Å²) in [6.07, 6.45) is -3.44. The first kappa shape index (κ1) is 30.8. The van der Waals surface area contributed by atoms with E-state index in [1.165, 1.54) is 29.9 Å². The average molecular weight is 582 g/mol. The summed E-state index contributed by atoms with van der Waals surface area (Å²) in [4.78, 5) is 12.9. The number of rotatable bonds is 10. The number of halogens is 5. The summed E-state index contributed by atoms with van der Waals surface area (Å²) in [5.41, 5.74) is -0.0907. The number of alkyl halides is 5. The van der Waals surface area contributed by atoms with Crippen LogP contribution in [-0.4, -0.2) is 65.7 Å². The van der Waals surface area contributed by atoms with E-state index in [0.29, 0.717) is 16.8 Å². The zero-order valence-corrected chi connectivity index (χ0v) is 22.6. The number of carbonyl (C=O) groups excluding carboxylic acids is 1. The Hall–Kier alpha value is -2.74. The van der Waals surface area contributed by atoms with E-state index in [1.54, 1.807) is 6.92 Å². The average Bonchev–Trinajstić information content (AvgIpc) is 3.10. The predicted octanol–water partition coefficient (Wildman–Crippen LogP) is 4.33. The molecule has 0 bridgehead atoms. The Morgan fingerprint density at radius 3 is 2.49 bits per heavy atom. The molecule has 0 radical (unpaired) electrons. The lowest BCUT2D eigenvalue weighted by molar-refractivity contribution is -0.135. The van der Waals surface area contributed by atoms with E-state index >= 15 is 0 Å². The van der Waals surface area contributed by atoms with E-state index in [-0.39, 0.29) is 62.1 Å². The molecule has 1 aromatic heterocycles. The first-order chi connectivity index (χ1) is 18.0. The van der Waals surface area contributed by atoms with Crippen LogP contribution in [0.2, 0.25) is 0 Å². The molecule has 2 N–H and O–H groups in total. The standard InChI is InChI=1S/C25H32F5N3O5S/c1-15-20(22(34)31-14-24(35)11-8-17(9-12-24)39(3,36)37)32-33(2)21(15)18-7-6-16(5-4-10-25(28,29)30)13-19(18)38-23(26)27/h6-7,13,17,23,35H,4-5,8-12,14H2,1-3H3,(H,31,34). The highest BCUT2D eigenvalue weighted by molar-refractivity contribution is 7.91. The van der Waals surface area contributed by atoms with Gasteiger partial charge < -0.3 is 15.2 Å². The molecule has 0 saturated heterocycles. The molecule has 0 spiro atoms. The molecular weight excluding hydrogens is 549 g/mol. The molecule has 39 heavy (non-hydrogen) atoms. The third kappa shape index (κ3) is 8.13. The van der Waals surface area contributed by atoms with Gasteiger partial charge in [-0.2, -0.15) is 27.1 Å². The largest absolute Gasteiger partial charge is 0.434 e. The number of aryl methyl sites for hydroxylation is 2. The van der Waals surface area contributed by atoms with Crippen molar-refractivity contribution in [1.82, 2.24) is 15.1 Å². The smallest absolute Gasteiger partial charge is 0.389 e. The van der Waals surface area contributed by atoms with Crippen LogP contribution in [0.1, 0.15) is 60.1 Å². The highest BCUT2D eigenvalue weighted by Crippen LogP contribution is 2.36. The summed E-state index contributed by atoms with van der Waals surface area (Å²) in [5, 5.41) is 17.1. The van der Waals surface area contributed by atoms with Crippen LogP contribution in [0.15, 0.2) is 18.2 Å². The quantitative estimate of drug-likeness (QED) is 0.405. The number of aromatic nitrogens is 2. The fraction of sp³-hybridized carbons (Fsp3) is 0.600. The summed E-state index contributed by atoms with van der Waals surface area (Å²) in [6.45, 7) is -1.75. The maximum absolute atomic E-state index is 13.2. The van der Waals surface area contributed by atoms with Gasteiger partial charge in [0.1, 0.15) is 15.6 Å². The van der Waals surface area contributed by atoms with Crippen molar-refractivity contribution < 1.29 is 45.0 Å². The van der Waals surface area contributed by atoms with Gasteiger partial charge in [-0.05, 0) is 63.1 Å². The molecule has 1 saturated carbocycles. The zero-order chi connectivity index (χ0) is 29.2. The van der Waals surface area contributed by atoms with Crippen molar-refractivity contribution in [2.75, 3.05) is 12.8 Å². The second kappa shape index (κ2) is 11.8. The van der Waals surface area contributed by atoms with Crippen LogP contribution in [0.25, 0.3) is 11.3 Å². The molecular formula is C25H32F5N3O5S. The molecule has 8 nitrogen and oxygen atoms in total. The molecule has 1 fully saturated rings. The van der Waals surface area contributed by atoms with Crippen LogP contribution < -0.4 is 10.1 Å². The topological polar surface area (TPSA) is 111 Å². The van der Waals surface area contributed by atoms with Gasteiger partial charge in [-0.15, -0.1) is 0 Å². The van der Waals surface area contributed by atoms with Gasteiger partial charge in [0.05, 0.1) is 16.5 Å². The van der Waals surface area contributed by atoms with Gasteiger partial charge in [-0.25, -0.2) is 8.42 Å². The number of hydrogen-bond donors (Lipinski definition) is 2. The summed E-state index contributed by atoms with van der Waals surface area (Å²) >= 11 is 0. The van der Waals surface area contributed by atoms with Crippen LogP contribution in [-0.2, 0) is 23.3 Å². The summed E-state index contributed by atoms with van der Waals surface area (Å²) < 4.78 is 93.3. The van der Waals surface area contributed by atoms with Crippen molar-refractivity contribution in [2.24, 2.45) is 7.05 Å². The van der Waals surface area contributed by atoms with Crippen molar-refractivity contribution in [3.8, 4) is 17.0 Å². The molecule has 1 aliphatic rings. The molecule has 2 aromatic rings. The Morgan fingerprint density at radius 2 is 1.92 bits per heavy atom. The van der Waals surface area contributed by atoms with Crippen LogP contribution >= 0.6 is 0 Å². The minimum absolute atomic E-state index is 0.00521. The lowest BCUT2D eigenvalue weighted by Crippen LogP contribution is -2.47. The van der Waals surface area contributed by atoms with E-state index in [0.717, 1.165) is 6.26 Å². The number of sulfone groups is 1. The Balaban J connectivity index is 1.78. The molecule has 0 aliphatic heterocycles. The minimum atomic E-state index is -4.32. The van der Waals surface area contributed by atoms with Gasteiger partial charge in [-0.1, -0.05) is 6.07 Å². The van der Waals surface area contributed by atoms with Crippen LogP contribution in [0.5, 0.6) is 5.75 Å². The number of benzene rings is 1. The fourth-order valence-electron chi connectivity index (χ4n) is 4.89. The molecule has 1 aromatic carbocycles. The Bertz CT molecular complexity index is 1290. The third-order valence-corrected chi connectivity index (χ3v) is 8.67. The summed E-state index contributed by atoms with van der Waals surface area (Å²) in [6, 6.07) is 4.21. The van der Waals surface area contributed by atoms with Gasteiger partial charge in [0, 0.05) is 37.4 Å². The van der Waals surface area contributed by atoms with Gasteiger partial charge in [0.2, 0.25) is 0 Å². The lowest BCUT2D eigenvalue weighted by atomic mass is 9.84. The van der Waals surface area contributed by atoms with Crippen LogP contribution in [0.3, 0.4) is 0 Å². The van der Waals surface area contributed by atoms with Crippen molar-refractivity contribution in [2.45, 2.75) is 75.5 Å². The molecule has 1 aliphatic carbocycles. The van der Waals surface area contributed by atoms with Crippen molar-refractivity contribution in [1.29, 1.82) is 0 Å². The molecule has 0 atom stereocenters. The van der Waals surface area contributed by atoms with Crippen molar-refractivity contribution in [3.63, 3.8) is 0 Å². The number of carbonyl (C=O) groups is 1. The number of hydrogen-bond acceptors (Lipinski definition) is 6. The number of nitrogens with one attached hydrogen (secondary N) is 1. The highest BCUT2D eigenvalue weighted by atomic mass is 32.2. The van der Waals surface area contributed by atoms with Gasteiger partial charge >= 0.3 is 12.8 Å². The molecule has 1 amide bonds. The van der Waals surface area contributed by atoms with E-state index in [4.69, 9.17) is 0 Å². The second-order valence-electron chi connectivity index (χ2n) is 10.1. The van der Waals surface area contributed by atoms with E-state index in [2.05, 4.69) is 15.2 Å². The van der Waals surface area contributed by atoms with Gasteiger partial charge in [-0.3, -0.25) is 9.48 Å². The molecule has 0 unspecified atom stereocenters. The summed E-state index contributed by atoms with van der Waals surface area (Å²) in [7, 11) is -1.72. The summed E-state index contributed by atoms with van der Waals surface area (Å²) in [5.74, 6) is -0.877. The third-order valence-electron chi connectivity index (χ3n) is 6.99. The molecule has 218 valence electrons. The number of nitrogens with zero attached hydrogens (tertiary/aromatic N) is 2. The SMILES string of the molecule is Cc1c(C(=O)NCC2(O)CCC(S(C)(=O)=O)CC2)nn(C)c1-c1ccc(CCCC(F)(F)F)cc1OC(F)F. The molecule has 3 rings (SSSR count). The lowest BCUT2D eigenvalue weighted by Gasteiger charge is -2.35. The Labute approximate surface area is 223 Å². The minimum Gasteiger partial charge on any atom is -0.434 e. The number of amides is 1. The first-order valence-electron chi connectivity index (χ1n) is 12.4. The number of aliphatic hydroxyl groups is 1. The van der Waals surface area contributed by atoms with Crippen molar-refractivity contribution in [3.05, 3.63) is 35.0 Å². The van der Waals surface area contributed by atoms with Gasteiger partial charge in [0.15, 0.2) is 5.69 Å². The first-order valence-corrected chi connectivity index (χ1v) is 14.3. The monoisotopic (exact) mass is 581 g/mol. The number of ether oxygens (including phenoxy) is 1. The Morgan fingerprint density at radius 1 is 1.28 bits per heavy atom. The zero-order valence-electron chi connectivity index (χ0n) is 21.8. The predicted molar refractivity (Wildman–Crippen MR) is 133 cm³/mol. The van der Waals surface area contributed by atoms with Crippen LogP contribution in [0, 0.1) is 6.92 Å². The maximum atomic E-state index is 13.2. The normalized spacial score (nSPS) is 20.3. The van der Waals surface area contributed by atoms with E-state index in [1.807, 2.05) is 0 Å². The molecule has 14 heteroatoms. The molecule has 1 heterocycles. The second-order valence-corrected chi connectivity index (χ2v) is 12.4. The fourth-order valence-corrected chi connectivity index (χ4v) is 5.98. The van der Waals surface area contributed by atoms with Crippen LogP contribution in [0.4, 0.5) is 22.0 Å². The van der Waals surface area contributed by atoms with E-state index in [9.17, 15) is 40.3 Å².